The molecule has 0 spiro atoms. The van der Waals surface area contributed by atoms with E-state index in [1.165, 1.54) is 202 Å². The standard InChI is InChI=1S/3C25H39N3O.C24H37N3O/c2*1-16(15-28-12-11-26-27-28)22-7-8-23-20-6-5-18-14-25(4,29)17(2)13-21(18)19(20)9-10-24(22,23)3;1-16(15-28-26-11-12-27-28)22-7-8-23-20-6-5-18-14-25(4,29)17(2)13-21(18)19(20)9-10-24(22,23)3;1-16(15-27-13-12-25-26-27)21-6-7-22-20-5-4-17-14-23(2,28)10-8-18(17)19(20)9-11-24(21,22)3/h3*11-12,17-23,29H,1,5-10,13-15H2,2-4H3;12-13,17-22,28H,1,4-11,14-15H2,2-3H3/t3*17-,18-,19-,20+,21-,22+,23-,24+,25-;17-,18-,19+,20+,21+,22-,23+,24+/m0000/s1. The summed E-state index contributed by atoms with van der Waals surface area (Å²) in [6.07, 6.45) is 57.4. The maximum atomic E-state index is 10.8. The smallest absolute Gasteiger partial charge is 0.0817 e. The summed E-state index contributed by atoms with van der Waals surface area (Å²) in [4.78, 5) is 1.80. The summed E-state index contributed by atoms with van der Waals surface area (Å²) in [5.41, 5.74) is 5.30. The first-order chi connectivity index (χ1) is 54.8. The quantitative estimate of drug-likeness (QED) is 0.0979. The summed E-state index contributed by atoms with van der Waals surface area (Å²) >= 11 is 0. The van der Waals surface area contributed by atoms with E-state index < -0.39 is 22.4 Å². The highest BCUT2D eigenvalue weighted by Crippen LogP contribution is 2.71. The van der Waals surface area contributed by atoms with Crippen molar-refractivity contribution in [3.05, 3.63) is 98.2 Å². The second-order valence-corrected chi connectivity index (χ2v) is 45.8. The lowest BCUT2D eigenvalue weighted by Gasteiger charge is -2.58. The van der Waals surface area contributed by atoms with Crippen LogP contribution in [0.5, 0.6) is 0 Å². The van der Waals surface area contributed by atoms with Crippen molar-refractivity contribution in [1.29, 1.82) is 0 Å². The molecule has 35 atom stereocenters. The van der Waals surface area contributed by atoms with Crippen molar-refractivity contribution in [2.45, 2.75) is 337 Å². The Morgan fingerprint density at radius 1 is 0.313 bits per heavy atom. The van der Waals surface area contributed by atoms with Crippen LogP contribution in [0.2, 0.25) is 0 Å². The molecule has 0 amide bonds. The van der Waals surface area contributed by atoms with Crippen LogP contribution in [0.25, 0.3) is 0 Å². The molecule has 0 saturated heterocycles. The van der Waals surface area contributed by atoms with Crippen molar-refractivity contribution in [3.63, 3.8) is 0 Å². The molecule has 0 radical (unpaired) electrons. The second kappa shape index (κ2) is 31.7. The molecule has 634 valence electrons. The van der Waals surface area contributed by atoms with Crippen molar-refractivity contribution >= 4 is 0 Å². The monoisotopic (exact) mass is 1580 g/mol. The van der Waals surface area contributed by atoms with Crippen LogP contribution in [-0.2, 0) is 26.2 Å². The normalized spacial score (nSPS) is 48.8. The lowest BCUT2D eigenvalue weighted by atomic mass is 9.48. The zero-order chi connectivity index (χ0) is 80.7. The summed E-state index contributed by atoms with van der Waals surface area (Å²) in [5.74, 6) is 20.9. The fourth-order valence-electron chi connectivity index (χ4n) is 34.0. The Morgan fingerprint density at radius 3 is 0.887 bits per heavy atom. The van der Waals surface area contributed by atoms with Crippen molar-refractivity contribution in [1.82, 2.24) is 60.0 Å². The Kier molecular flexibility index (Phi) is 22.8. The maximum Gasteiger partial charge on any atom is 0.0817 e. The molecule has 0 aliphatic heterocycles. The van der Waals surface area contributed by atoms with Gasteiger partial charge in [0.2, 0.25) is 0 Å². The minimum Gasteiger partial charge on any atom is -0.390 e. The van der Waals surface area contributed by atoms with Gasteiger partial charge in [0, 0.05) is 18.6 Å². The van der Waals surface area contributed by atoms with Gasteiger partial charge in [-0.15, -0.1) is 15.3 Å². The van der Waals surface area contributed by atoms with Gasteiger partial charge in [0.15, 0.2) is 0 Å². The van der Waals surface area contributed by atoms with Crippen LogP contribution >= 0.6 is 0 Å². The molecule has 16 fully saturated rings. The fraction of sp³-hybridized carbons (Fsp3) is 0.838. The number of fused-ring (bicyclic) bond motifs is 20. The SMILES string of the molecule is C=C(Cn1ccnn1)[C@H]1CC[C@H]2[C@@H]3CC[C@H]4C[C@](C)(O)CC[C@@H]4[C@H]3CC[C@]12C.C=C(Cn1ccnn1)[C@H]1CC[C@H]2[C@@H]3CC[C@H]4C[C@](C)(O)[C@@H](C)C[C@@H]4[C@H]3CC[C@]12C.C=C(Cn1ccnn1)[C@H]1CC[C@H]2[C@@H]3CC[C@H]4C[C@](C)(O)[C@@H](C)C[C@@H]4[C@H]3CC[C@]12C.C=C(Cn1nccn1)[C@H]1CC[C@H]2[C@@H]3CC[C@H]4C[C@](C)(O)[C@@H](C)C[C@@H]4[C@H]3CC[C@]12C. The number of hydrogen-bond donors (Lipinski definition) is 4. The van der Waals surface area contributed by atoms with Gasteiger partial charge in [-0.1, -0.05) is 113 Å². The Morgan fingerprint density at radius 2 is 0.591 bits per heavy atom. The minimum atomic E-state index is -0.450. The molecule has 20 rings (SSSR count). The number of rotatable bonds is 12. The van der Waals surface area contributed by atoms with E-state index in [2.05, 4.69) is 144 Å². The number of aromatic nitrogens is 12. The van der Waals surface area contributed by atoms with Crippen LogP contribution in [0.15, 0.2) is 98.2 Å². The third-order valence-corrected chi connectivity index (χ3v) is 40.2. The molecule has 16 saturated carbocycles. The van der Waals surface area contributed by atoms with Crippen LogP contribution in [0.4, 0.5) is 0 Å². The average Bonchev–Trinajstić information content (AvgIpc) is 1.68. The number of aliphatic hydroxyl groups is 4. The topological polar surface area (TPSA) is 204 Å². The Balaban J connectivity index is 0.000000111. The van der Waals surface area contributed by atoms with Crippen molar-refractivity contribution in [2.75, 3.05) is 0 Å². The predicted molar refractivity (Wildman–Crippen MR) is 455 cm³/mol. The predicted octanol–water partition coefficient (Wildman–Crippen LogP) is 20.2. The molecule has 16 aliphatic rings. The minimum absolute atomic E-state index is 0.407. The van der Waals surface area contributed by atoms with Crippen molar-refractivity contribution in [2.24, 2.45) is 181 Å². The first kappa shape index (κ1) is 82.7. The molecule has 0 bridgehead atoms. The van der Waals surface area contributed by atoms with E-state index in [9.17, 15) is 20.4 Å². The van der Waals surface area contributed by atoms with Gasteiger partial charge in [0.05, 0.1) is 79.6 Å². The molecule has 4 heterocycles. The van der Waals surface area contributed by atoms with Gasteiger partial charge in [-0.3, -0.25) is 0 Å². The molecule has 16 nitrogen and oxygen atoms in total. The number of nitrogens with zero attached hydrogens (tertiary/aromatic N) is 12. The van der Waals surface area contributed by atoms with E-state index in [4.69, 9.17) is 0 Å². The van der Waals surface area contributed by atoms with E-state index >= 15 is 0 Å². The lowest BCUT2D eigenvalue weighted by Crippen LogP contribution is -2.52. The zero-order valence-corrected chi connectivity index (χ0v) is 73.4. The zero-order valence-electron chi connectivity index (χ0n) is 73.4. The molecule has 16 aliphatic carbocycles. The van der Waals surface area contributed by atoms with E-state index in [0.717, 1.165) is 177 Å². The Labute approximate surface area is 692 Å². The van der Waals surface area contributed by atoms with Crippen LogP contribution in [0.3, 0.4) is 0 Å². The molecule has 0 aromatic carbocycles. The summed E-state index contributed by atoms with van der Waals surface area (Å²) < 4.78 is 5.81. The van der Waals surface area contributed by atoms with Gasteiger partial charge in [0.25, 0.3) is 0 Å². The molecule has 115 heavy (non-hydrogen) atoms. The highest BCUT2D eigenvalue weighted by Gasteiger charge is 2.64. The number of hydrogen-bond acceptors (Lipinski definition) is 12. The highest BCUT2D eigenvalue weighted by molar-refractivity contribution is 5.21. The summed E-state index contributed by atoms with van der Waals surface area (Å²) in [5, 5.41) is 76.1. The van der Waals surface area contributed by atoms with E-state index in [-0.39, 0.29) is 0 Å². The first-order valence-corrected chi connectivity index (χ1v) is 47.7. The molecule has 4 N–H and O–H groups in total. The van der Waals surface area contributed by atoms with Gasteiger partial charge in [-0.05, 0) is 421 Å². The van der Waals surface area contributed by atoms with E-state index in [0.29, 0.717) is 63.1 Å². The van der Waals surface area contributed by atoms with Crippen LogP contribution < -0.4 is 0 Å². The summed E-state index contributed by atoms with van der Waals surface area (Å²) in [6.45, 7) is 46.8. The number of allylic oxidation sites excluding steroid dienone is 4. The van der Waals surface area contributed by atoms with Crippen molar-refractivity contribution < 1.29 is 20.4 Å². The summed E-state index contributed by atoms with van der Waals surface area (Å²) in [6, 6.07) is 0. The van der Waals surface area contributed by atoms with Gasteiger partial charge < -0.3 is 20.4 Å². The second-order valence-electron chi connectivity index (χ2n) is 45.8. The molecule has 4 aromatic rings. The molecule has 16 heteroatoms. The average molecular weight is 1580 g/mol. The van der Waals surface area contributed by atoms with Gasteiger partial charge in [0.1, 0.15) is 0 Å². The van der Waals surface area contributed by atoms with Gasteiger partial charge in [-0.2, -0.15) is 15.0 Å². The van der Waals surface area contributed by atoms with Crippen molar-refractivity contribution in [3.8, 4) is 0 Å². The lowest BCUT2D eigenvalue weighted by molar-refractivity contribution is -0.121. The van der Waals surface area contributed by atoms with Crippen LogP contribution in [0.1, 0.15) is 288 Å². The largest absolute Gasteiger partial charge is 0.390 e. The third-order valence-electron chi connectivity index (χ3n) is 40.2. The molecule has 0 unspecified atom stereocenters. The van der Waals surface area contributed by atoms with Gasteiger partial charge in [-0.25, -0.2) is 14.0 Å². The highest BCUT2D eigenvalue weighted by atomic mass is 16.3. The molecule has 4 aromatic heterocycles. The third kappa shape index (κ3) is 15.3. The maximum absolute atomic E-state index is 10.8. The van der Waals surface area contributed by atoms with Crippen LogP contribution in [-0.4, -0.2) is 103 Å². The first-order valence-electron chi connectivity index (χ1n) is 47.7. The van der Waals surface area contributed by atoms with E-state index in [1.54, 1.807) is 35.8 Å². The Bertz CT molecular complexity index is 3710. The van der Waals surface area contributed by atoms with Gasteiger partial charge >= 0.3 is 0 Å². The summed E-state index contributed by atoms with van der Waals surface area (Å²) in [7, 11) is 0. The Hall–Kier alpha value is -4.64. The molecular weight excluding hydrogens is 1420 g/mol. The molecular formula is C99H154N12O4. The fourth-order valence-corrected chi connectivity index (χ4v) is 34.0. The van der Waals surface area contributed by atoms with Crippen LogP contribution in [0, 0.1) is 181 Å². The van der Waals surface area contributed by atoms with E-state index in [1.807, 2.05) is 32.6 Å².